The zero-order valence-electron chi connectivity index (χ0n) is 13.9. The number of para-hydroxylation sites is 2. The van der Waals surface area contributed by atoms with Crippen molar-refractivity contribution in [2.45, 2.75) is 9.79 Å². The van der Waals surface area contributed by atoms with Crippen molar-refractivity contribution in [3.63, 3.8) is 0 Å². The van der Waals surface area contributed by atoms with Crippen LogP contribution in [-0.2, 0) is 0 Å². The lowest BCUT2D eigenvalue weighted by molar-refractivity contribution is 1.16. The fourth-order valence-corrected chi connectivity index (χ4v) is 4.25. The van der Waals surface area contributed by atoms with Crippen LogP contribution in [0.25, 0.3) is 11.4 Å². The van der Waals surface area contributed by atoms with Gasteiger partial charge in [-0.1, -0.05) is 36.0 Å². The SMILES string of the molecule is c1cnc(-c2ccc(N3c4ccccc4Sc4ccccc43)cc2)nc1. The van der Waals surface area contributed by atoms with E-state index in [1.54, 1.807) is 12.4 Å². The summed E-state index contributed by atoms with van der Waals surface area (Å²) in [6.45, 7) is 0. The Labute approximate surface area is 156 Å². The molecule has 0 unspecified atom stereocenters. The van der Waals surface area contributed by atoms with Crippen LogP contribution < -0.4 is 4.90 Å². The topological polar surface area (TPSA) is 29.0 Å². The Morgan fingerprint density at radius 2 is 1.19 bits per heavy atom. The molecular formula is C22H15N3S. The van der Waals surface area contributed by atoms with E-state index < -0.39 is 0 Å². The molecule has 0 saturated carbocycles. The zero-order chi connectivity index (χ0) is 17.3. The summed E-state index contributed by atoms with van der Waals surface area (Å²) < 4.78 is 0. The highest BCUT2D eigenvalue weighted by atomic mass is 32.2. The molecule has 124 valence electrons. The van der Waals surface area contributed by atoms with Gasteiger partial charge in [-0.05, 0) is 54.6 Å². The van der Waals surface area contributed by atoms with E-state index in [2.05, 4.69) is 87.7 Å². The minimum absolute atomic E-state index is 0.744. The fraction of sp³-hybridized carbons (Fsp3) is 0. The smallest absolute Gasteiger partial charge is 0.159 e. The van der Waals surface area contributed by atoms with Gasteiger partial charge in [0.1, 0.15) is 0 Å². The lowest BCUT2D eigenvalue weighted by atomic mass is 10.1. The van der Waals surface area contributed by atoms with Gasteiger partial charge in [-0.2, -0.15) is 0 Å². The summed E-state index contributed by atoms with van der Waals surface area (Å²) in [6, 6.07) is 27.3. The van der Waals surface area contributed by atoms with E-state index in [1.807, 2.05) is 17.8 Å². The minimum Gasteiger partial charge on any atom is -0.308 e. The highest BCUT2D eigenvalue weighted by Gasteiger charge is 2.24. The van der Waals surface area contributed by atoms with Crippen LogP contribution in [0.2, 0.25) is 0 Å². The molecule has 0 saturated heterocycles. The summed E-state index contributed by atoms with van der Waals surface area (Å²) in [5.41, 5.74) is 4.56. The standard InChI is InChI=1S/C22H15N3S/c1-3-8-20-18(6-1)25(19-7-2-4-9-21(19)26-20)17-12-10-16(11-13-17)22-23-14-5-15-24-22/h1-15H. The molecule has 4 aromatic rings. The van der Waals surface area contributed by atoms with E-state index in [1.165, 1.54) is 21.2 Å². The normalized spacial score (nSPS) is 12.4. The van der Waals surface area contributed by atoms with Gasteiger partial charge < -0.3 is 4.90 Å². The number of aromatic nitrogens is 2. The average molecular weight is 353 g/mol. The molecular weight excluding hydrogens is 338 g/mol. The Morgan fingerprint density at radius 1 is 0.615 bits per heavy atom. The van der Waals surface area contributed by atoms with Gasteiger partial charge in [0.2, 0.25) is 0 Å². The first-order valence-corrected chi connectivity index (χ1v) is 9.25. The molecule has 4 heteroatoms. The van der Waals surface area contributed by atoms with E-state index in [4.69, 9.17) is 0 Å². The van der Waals surface area contributed by atoms with Crippen LogP contribution in [0.4, 0.5) is 17.1 Å². The number of anilines is 3. The maximum absolute atomic E-state index is 4.34. The summed E-state index contributed by atoms with van der Waals surface area (Å²) in [6.07, 6.45) is 3.54. The van der Waals surface area contributed by atoms with Crippen molar-refractivity contribution in [1.29, 1.82) is 0 Å². The van der Waals surface area contributed by atoms with Gasteiger partial charge in [-0.15, -0.1) is 0 Å². The predicted octanol–water partition coefficient (Wildman–Crippen LogP) is 6.08. The molecule has 5 rings (SSSR count). The van der Waals surface area contributed by atoms with Crippen LogP contribution >= 0.6 is 11.8 Å². The van der Waals surface area contributed by atoms with Crippen molar-refractivity contribution >= 4 is 28.8 Å². The maximum atomic E-state index is 4.34. The number of hydrogen-bond donors (Lipinski definition) is 0. The molecule has 1 aromatic heterocycles. The first-order chi connectivity index (χ1) is 12.9. The largest absolute Gasteiger partial charge is 0.308 e. The first-order valence-electron chi connectivity index (χ1n) is 8.44. The molecule has 0 amide bonds. The van der Waals surface area contributed by atoms with Crippen LogP contribution in [0.3, 0.4) is 0 Å². The predicted molar refractivity (Wildman–Crippen MR) is 106 cm³/mol. The lowest BCUT2D eigenvalue weighted by Gasteiger charge is -2.32. The molecule has 0 fully saturated rings. The van der Waals surface area contributed by atoms with Crippen LogP contribution in [0.1, 0.15) is 0 Å². The molecule has 0 aliphatic carbocycles. The van der Waals surface area contributed by atoms with Crippen molar-refractivity contribution in [3.05, 3.63) is 91.3 Å². The van der Waals surface area contributed by atoms with Crippen LogP contribution in [-0.4, -0.2) is 9.97 Å². The number of fused-ring (bicyclic) bond motifs is 2. The minimum atomic E-state index is 0.744. The second-order valence-corrected chi connectivity index (χ2v) is 7.08. The molecule has 3 aromatic carbocycles. The number of rotatable bonds is 2. The molecule has 1 aliphatic heterocycles. The number of hydrogen-bond acceptors (Lipinski definition) is 4. The van der Waals surface area contributed by atoms with Crippen molar-refractivity contribution < 1.29 is 0 Å². The Balaban J connectivity index is 1.62. The van der Waals surface area contributed by atoms with Crippen molar-refractivity contribution in [3.8, 4) is 11.4 Å². The van der Waals surface area contributed by atoms with E-state index >= 15 is 0 Å². The van der Waals surface area contributed by atoms with Crippen LogP contribution in [0, 0.1) is 0 Å². The van der Waals surface area contributed by atoms with E-state index in [9.17, 15) is 0 Å². The maximum Gasteiger partial charge on any atom is 0.159 e. The van der Waals surface area contributed by atoms with Crippen LogP contribution in [0.5, 0.6) is 0 Å². The molecule has 0 radical (unpaired) electrons. The third-order valence-corrected chi connectivity index (χ3v) is 5.51. The average Bonchev–Trinajstić information content (AvgIpc) is 2.73. The van der Waals surface area contributed by atoms with Gasteiger partial charge in [0, 0.05) is 33.4 Å². The number of benzene rings is 3. The van der Waals surface area contributed by atoms with Crippen LogP contribution in [0.15, 0.2) is 101 Å². The van der Waals surface area contributed by atoms with Gasteiger partial charge in [0.15, 0.2) is 5.82 Å². The molecule has 0 N–H and O–H groups in total. The van der Waals surface area contributed by atoms with Gasteiger partial charge in [-0.3, -0.25) is 0 Å². The Kier molecular flexibility index (Phi) is 3.68. The second-order valence-electron chi connectivity index (χ2n) is 5.99. The van der Waals surface area contributed by atoms with E-state index in [0.717, 1.165) is 17.1 Å². The quantitative estimate of drug-likeness (QED) is 0.385. The van der Waals surface area contributed by atoms with Crippen molar-refractivity contribution in [2.24, 2.45) is 0 Å². The molecule has 2 heterocycles. The van der Waals surface area contributed by atoms with E-state index in [0.29, 0.717) is 0 Å². The summed E-state index contributed by atoms with van der Waals surface area (Å²) in [5, 5.41) is 0. The Hall–Kier alpha value is -3.11. The molecule has 26 heavy (non-hydrogen) atoms. The zero-order valence-corrected chi connectivity index (χ0v) is 14.7. The van der Waals surface area contributed by atoms with E-state index in [-0.39, 0.29) is 0 Å². The highest BCUT2D eigenvalue weighted by molar-refractivity contribution is 7.99. The van der Waals surface area contributed by atoms with Gasteiger partial charge in [0.05, 0.1) is 11.4 Å². The molecule has 0 spiro atoms. The van der Waals surface area contributed by atoms with Gasteiger partial charge in [0.25, 0.3) is 0 Å². The molecule has 3 nitrogen and oxygen atoms in total. The third-order valence-electron chi connectivity index (χ3n) is 4.38. The summed E-state index contributed by atoms with van der Waals surface area (Å²) in [4.78, 5) is 13.5. The summed E-state index contributed by atoms with van der Waals surface area (Å²) >= 11 is 1.82. The van der Waals surface area contributed by atoms with Crippen molar-refractivity contribution in [1.82, 2.24) is 9.97 Å². The Morgan fingerprint density at radius 3 is 1.81 bits per heavy atom. The molecule has 1 aliphatic rings. The Bertz CT molecular complexity index is 1020. The second kappa shape index (κ2) is 6.32. The van der Waals surface area contributed by atoms with Crippen molar-refractivity contribution in [2.75, 3.05) is 4.90 Å². The molecule has 0 bridgehead atoms. The van der Waals surface area contributed by atoms with Gasteiger partial charge >= 0.3 is 0 Å². The number of nitrogens with zero attached hydrogens (tertiary/aromatic N) is 3. The fourth-order valence-electron chi connectivity index (χ4n) is 3.19. The first kappa shape index (κ1) is 15.2. The molecule has 0 atom stereocenters. The lowest BCUT2D eigenvalue weighted by Crippen LogP contribution is -2.14. The highest BCUT2D eigenvalue weighted by Crippen LogP contribution is 2.51. The summed E-state index contributed by atoms with van der Waals surface area (Å²) in [7, 11) is 0. The monoisotopic (exact) mass is 353 g/mol. The summed E-state index contributed by atoms with van der Waals surface area (Å²) in [5.74, 6) is 0.744. The third kappa shape index (κ3) is 2.55. The van der Waals surface area contributed by atoms with Gasteiger partial charge in [-0.25, -0.2) is 9.97 Å².